The fourth-order valence-corrected chi connectivity index (χ4v) is 3.72. The van der Waals surface area contributed by atoms with Crippen molar-refractivity contribution in [2.45, 2.75) is 24.3 Å². The zero-order valence-electron chi connectivity index (χ0n) is 15.3. The summed E-state index contributed by atoms with van der Waals surface area (Å²) < 4.78 is 5.01. The van der Waals surface area contributed by atoms with Crippen molar-refractivity contribution in [3.63, 3.8) is 0 Å². The molecule has 0 fully saturated rings. The average Bonchev–Trinajstić information content (AvgIpc) is 2.72. The monoisotopic (exact) mass is 382 g/mol. The average molecular weight is 382 g/mol. The Morgan fingerprint density at radius 2 is 1.81 bits per heavy atom. The first-order chi connectivity index (χ1) is 13.1. The van der Waals surface area contributed by atoms with Crippen molar-refractivity contribution in [2.75, 3.05) is 12.9 Å². The number of hydrogen-bond acceptors (Lipinski definition) is 4. The first-order valence-corrected chi connectivity index (χ1v) is 9.80. The highest BCUT2D eigenvalue weighted by Crippen LogP contribution is 2.32. The van der Waals surface area contributed by atoms with Crippen molar-refractivity contribution < 1.29 is 14.3 Å². The lowest BCUT2D eigenvalue weighted by Gasteiger charge is -2.29. The third-order valence-electron chi connectivity index (χ3n) is 4.23. The maximum absolute atomic E-state index is 12.6. The Balaban J connectivity index is 2.04. The van der Waals surface area contributed by atoms with Crippen molar-refractivity contribution in [1.82, 2.24) is 10.6 Å². The number of ether oxygens (including phenoxy) is 1. The number of urea groups is 1. The molecule has 0 saturated carbocycles. The van der Waals surface area contributed by atoms with E-state index >= 15 is 0 Å². The molecule has 2 N–H and O–H groups in total. The van der Waals surface area contributed by atoms with Crippen LogP contribution in [0, 0.1) is 0 Å². The zero-order valence-corrected chi connectivity index (χ0v) is 16.1. The van der Waals surface area contributed by atoms with E-state index in [0.29, 0.717) is 11.3 Å². The second kappa shape index (κ2) is 8.77. The van der Waals surface area contributed by atoms with Gasteiger partial charge in [-0.3, -0.25) is 0 Å². The molecule has 0 bridgehead atoms. The van der Waals surface area contributed by atoms with Crippen LogP contribution in [0.15, 0.2) is 65.1 Å². The number of carbonyl (C=O) groups is 2. The molecule has 1 heterocycles. The Bertz CT molecular complexity index is 847. The van der Waals surface area contributed by atoms with E-state index < -0.39 is 12.0 Å². The summed E-state index contributed by atoms with van der Waals surface area (Å²) in [5.74, 6) is 0.574. The Hall–Kier alpha value is -2.73. The molecule has 0 radical (unpaired) electrons. The number of benzene rings is 2. The number of amides is 2. The number of nitrogens with one attached hydrogen (secondary N) is 2. The standard InChI is InChI=1S/C21H22N2O3S/c1-3-13-27-16-11-9-15(10-12-16)19-17(20(24)26-2)18(22-21(25)23-19)14-7-5-4-6-8-14/h4-12,19H,3,13H2,1-2H3,(H2,22,23,25). The molecule has 1 atom stereocenters. The van der Waals surface area contributed by atoms with Gasteiger partial charge in [0.25, 0.3) is 0 Å². The van der Waals surface area contributed by atoms with Crippen LogP contribution in [0.3, 0.4) is 0 Å². The number of thioether (sulfide) groups is 1. The van der Waals surface area contributed by atoms with E-state index in [0.717, 1.165) is 28.2 Å². The van der Waals surface area contributed by atoms with Crippen LogP contribution in [0.25, 0.3) is 5.70 Å². The first kappa shape index (κ1) is 19.0. The number of hydrogen-bond donors (Lipinski definition) is 2. The summed E-state index contributed by atoms with van der Waals surface area (Å²) in [7, 11) is 1.34. The molecular weight excluding hydrogens is 360 g/mol. The van der Waals surface area contributed by atoms with Crippen molar-refractivity contribution >= 4 is 29.5 Å². The Kier molecular flexibility index (Phi) is 6.19. The van der Waals surface area contributed by atoms with E-state index in [1.54, 1.807) is 11.8 Å². The van der Waals surface area contributed by atoms with Gasteiger partial charge in [-0.2, -0.15) is 0 Å². The fourth-order valence-electron chi connectivity index (χ4n) is 2.95. The summed E-state index contributed by atoms with van der Waals surface area (Å²) in [5, 5.41) is 5.61. The SMILES string of the molecule is CCCSc1ccc(C2NC(=O)NC(c3ccccc3)=C2C(=O)OC)cc1. The molecule has 0 saturated heterocycles. The van der Waals surface area contributed by atoms with Crippen molar-refractivity contribution in [3.8, 4) is 0 Å². The molecule has 1 unspecified atom stereocenters. The number of carbonyl (C=O) groups excluding carboxylic acids is 2. The summed E-state index contributed by atoms with van der Waals surface area (Å²) in [5.41, 5.74) is 2.45. The normalized spacial score (nSPS) is 16.5. The first-order valence-electron chi connectivity index (χ1n) is 8.82. The van der Waals surface area contributed by atoms with Crippen molar-refractivity contribution in [2.24, 2.45) is 0 Å². The molecule has 6 heteroatoms. The number of esters is 1. The minimum Gasteiger partial charge on any atom is -0.466 e. The van der Waals surface area contributed by atoms with E-state index in [9.17, 15) is 9.59 Å². The van der Waals surface area contributed by atoms with Crippen molar-refractivity contribution in [1.29, 1.82) is 0 Å². The molecule has 0 spiro atoms. The van der Waals surface area contributed by atoms with Crippen LogP contribution in [0.5, 0.6) is 0 Å². The predicted molar refractivity (Wildman–Crippen MR) is 107 cm³/mol. The van der Waals surface area contributed by atoms with Crippen LogP contribution in [0.2, 0.25) is 0 Å². The Labute approximate surface area is 163 Å². The molecule has 2 aromatic rings. The summed E-state index contributed by atoms with van der Waals surface area (Å²) in [6.45, 7) is 2.14. The lowest BCUT2D eigenvalue weighted by atomic mass is 9.93. The zero-order chi connectivity index (χ0) is 19.2. The highest BCUT2D eigenvalue weighted by atomic mass is 32.2. The van der Waals surface area contributed by atoms with Crippen LogP contribution >= 0.6 is 11.8 Å². The van der Waals surface area contributed by atoms with Crippen LogP contribution < -0.4 is 10.6 Å². The Morgan fingerprint density at radius 3 is 2.44 bits per heavy atom. The maximum Gasteiger partial charge on any atom is 0.338 e. The van der Waals surface area contributed by atoms with Crippen LogP contribution in [-0.4, -0.2) is 24.9 Å². The van der Waals surface area contributed by atoms with Gasteiger partial charge in [0, 0.05) is 4.90 Å². The van der Waals surface area contributed by atoms with Crippen molar-refractivity contribution in [3.05, 3.63) is 71.3 Å². The van der Waals surface area contributed by atoms with Gasteiger partial charge in [-0.15, -0.1) is 11.8 Å². The van der Waals surface area contributed by atoms with Crippen LogP contribution in [-0.2, 0) is 9.53 Å². The van der Waals surface area contributed by atoms with Gasteiger partial charge in [-0.1, -0.05) is 49.4 Å². The van der Waals surface area contributed by atoms with Crippen LogP contribution in [0.1, 0.15) is 30.5 Å². The largest absolute Gasteiger partial charge is 0.466 e. The van der Waals surface area contributed by atoms with Gasteiger partial charge in [-0.05, 0) is 35.4 Å². The second-order valence-corrected chi connectivity index (χ2v) is 7.26. The van der Waals surface area contributed by atoms with E-state index in [1.807, 2.05) is 54.6 Å². The molecule has 1 aliphatic rings. The molecule has 3 rings (SSSR count). The molecular formula is C21H22N2O3S. The summed E-state index contributed by atoms with van der Waals surface area (Å²) in [6, 6.07) is 16.3. The van der Waals surface area contributed by atoms with Crippen LogP contribution in [0.4, 0.5) is 4.79 Å². The van der Waals surface area contributed by atoms with E-state index in [-0.39, 0.29) is 6.03 Å². The molecule has 140 valence electrons. The van der Waals surface area contributed by atoms with Gasteiger partial charge in [0.05, 0.1) is 24.4 Å². The number of rotatable bonds is 6. The van der Waals surface area contributed by atoms with Gasteiger partial charge in [-0.25, -0.2) is 9.59 Å². The predicted octanol–water partition coefficient (Wildman–Crippen LogP) is 4.13. The highest BCUT2D eigenvalue weighted by Gasteiger charge is 2.34. The summed E-state index contributed by atoms with van der Waals surface area (Å²) in [6.07, 6.45) is 1.10. The Morgan fingerprint density at radius 1 is 1.11 bits per heavy atom. The lowest BCUT2D eigenvalue weighted by molar-refractivity contribution is -0.136. The smallest absolute Gasteiger partial charge is 0.338 e. The van der Waals surface area contributed by atoms with Gasteiger partial charge in [0.15, 0.2) is 0 Å². The molecule has 2 amide bonds. The lowest BCUT2D eigenvalue weighted by Crippen LogP contribution is -2.45. The minimum absolute atomic E-state index is 0.351. The molecule has 0 aliphatic carbocycles. The van der Waals surface area contributed by atoms with Gasteiger partial charge in [0.1, 0.15) is 0 Å². The molecule has 27 heavy (non-hydrogen) atoms. The summed E-state index contributed by atoms with van der Waals surface area (Å²) in [4.78, 5) is 26.0. The minimum atomic E-state index is -0.577. The third-order valence-corrected chi connectivity index (χ3v) is 5.44. The topological polar surface area (TPSA) is 67.4 Å². The van der Waals surface area contributed by atoms with E-state index in [1.165, 1.54) is 7.11 Å². The van der Waals surface area contributed by atoms with E-state index in [2.05, 4.69) is 17.6 Å². The summed E-state index contributed by atoms with van der Waals surface area (Å²) >= 11 is 1.78. The van der Waals surface area contributed by atoms with Gasteiger partial charge < -0.3 is 15.4 Å². The fraction of sp³-hybridized carbons (Fsp3) is 0.238. The molecule has 5 nitrogen and oxygen atoms in total. The second-order valence-electron chi connectivity index (χ2n) is 6.10. The quantitative estimate of drug-likeness (QED) is 0.582. The van der Waals surface area contributed by atoms with E-state index in [4.69, 9.17) is 4.74 Å². The third kappa shape index (κ3) is 4.34. The molecule has 1 aliphatic heterocycles. The van der Waals surface area contributed by atoms with Gasteiger partial charge >= 0.3 is 12.0 Å². The number of methoxy groups -OCH3 is 1. The molecule has 2 aromatic carbocycles. The maximum atomic E-state index is 12.6. The van der Waals surface area contributed by atoms with Gasteiger partial charge in [0.2, 0.25) is 0 Å². The highest BCUT2D eigenvalue weighted by molar-refractivity contribution is 7.99. The molecule has 0 aromatic heterocycles.